The van der Waals surface area contributed by atoms with Crippen LogP contribution in [-0.4, -0.2) is 14.5 Å². The molecule has 3 aromatic rings. The lowest BCUT2D eigenvalue weighted by molar-refractivity contribution is 0.631. The van der Waals surface area contributed by atoms with E-state index in [1.807, 2.05) is 49.2 Å². The molecule has 3 rings (SSSR count). The average molecular weight is 253 g/mol. The smallest absolute Gasteiger partial charge is 0.0945 e. The lowest BCUT2D eigenvalue weighted by Gasteiger charge is -1.96. The number of para-hydroxylation sites is 1. The number of hydrogen-bond donors (Lipinski definition) is 0. The molecule has 2 aromatic heterocycles. The van der Waals surface area contributed by atoms with E-state index >= 15 is 0 Å². The second-order valence-corrected chi connectivity index (χ2v) is 4.35. The van der Waals surface area contributed by atoms with E-state index in [4.69, 9.17) is 0 Å². The molecule has 0 N–H and O–H groups in total. The standard InChI is InChI=1S/C9H7N.C7H12N2/c1-2-6-9-8(4-1)5-3-7-10-9;1-2-3-5-9-6-4-8-7-9/h1-7H;4,6-7H,2-3,5H2,1H3. The highest BCUT2D eigenvalue weighted by Gasteiger charge is 1.87. The van der Waals surface area contributed by atoms with Gasteiger partial charge in [0.25, 0.3) is 0 Å². The third-order valence-corrected chi connectivity index (χ3v) is 2.84. The number of fused-ring (bicyclic) bond motifs is 1. The first-order valence-electron chi connectivity index (χ1n) is 6.65. The molecule has 0 amide bonds. The van der Waals surface area contributed by atoms with Crippen molar-refractivity contribution in [3.8, 4) is 0 Å². The number of aromatic nitrogens is 3. The molecule has 0 radical (unpaired) electrons. The molecule has 0 aliphatic heterocycles. The van der Waals surface area contributed by atoms with Crippen LogP contribution < -0.4 is 0 Å². The predicted octanol–water partition coefficient (Wildman–Crippen LogP) is 3.92. The molecule has 3 heteroatoms. The zero-order valence-corrected chi connectivity index (χ0v) is 11.2. The van der Waals surface area contributed by atoms with Gasteiger partial charge in [0.1, 0.15) is 0 Å². The Bertz CT molecular complexity index is 522. The van der Waals surface area contributed by atoms with Gasteiger partial charge < -0.3 is 4.57 Å². The van der Waals surface area contributed by atoms with Crippen LogP contribution in [0.1, 0.15) is 19.8 Å². The van der Waals surface area contributed by atoms with Crippen molar-refractivity contribution in [2.24, 2.45) is 0 Å². The summed E-state index contributed by atoms with van der Waals surface area (Å²) >= 11 is 0. The molecule has 0 bridgehead atoms. The molecule has 0 spiro atoms. The summed E-state index contributed by atoms with van der Waals surface area (Å²) in [4.78, 5) is 8.12. The zero-order valence-electron chi connectivity index (χ0n) is 11.2. The van der Waals surface area contributed by atoms with E-state index in [9.17, 15) is 0 Å². The lowest BCUT2D eigenvalue weighted by Crippen LogP contribution is -1.92. The molecule has 2 heterocycles. The Morgan fingerprint density at radius 3 is 2.63 bits per heavy atom. The Morgan fingerprint density at radius 1 is 1.05 bits per heavy atom. The van der Waals surface area contributed by atoms with Gasteiger partial charge in [-0.15, -0.1) is 0 Å². The van der Waals surface area contributed by atoms with E-state index in [0.717, 1.165) is 12.1 Å². The molecule has 3 nitrogen and oxygen atoms in total. The van der Waals surface area contributed by atoms with Crippen LogP contribution in [0, 0.1) is 0 Å². The van der Waals surface area contributed by atoms with Crippen LogP contribution in [0.15, 0.2) is 61.3 Å². The van der Waals surface area contributed by atoms with Crippen LogP contribution in [0.5, 0.6) is 0 Å². The van der Waals surface area contributed by atoms with Gasteiger partial charge in [-0.1, -0.05) is 37.6 Å². The minimum absolute atomic E-state index is 1.06. The normalized spacial score (nSPS) is 9.95. The molecule has 0 aliphatic rings. The van der Waals surface area contributed by atoms with Crippen LogP contribution >= 0.6 is 0 Å². The summed E-state index contributed by atoms with van der Waals surface area (Å²) in [7, 11) is 0. The second-order valence-electron chi connectivity index (χ2n) is 4.35. The Kier molecular flexibility index (Phi) is 5.11. The largest absolute Gasteiger partial charge is 0.337 e. The molecule has 19 heavy (non-hydrogen) atoms. The van der Waals surface area contributed by atoms with E-state index in [-0.39, 0.29) is 0 Å². The minimum atomic E-state index is 1.06. The predicted molar refractivity (Wildman–Crippen MR) is 78.9 cm³/mol. The molecule has 0 saturated carbocycles. The van der Waals surface area contributed by atoms with Crippen molar-refractivity contribution in [3.05, 3.63) is 61.3 Å². The summed E-state index contributed by atoms with van der Waals surface area (Å²) in [6.45, 7) is 3.30. The first kappa shape index (κ1) is 13.3. The van der Waals surface area contributed by atoms with Crippen molar-refractivity contribution in [2.45, 2.75) is 26.3 Å². The molecule has 1 aromatic carbocycles. The summed E-state index contributed by atoms with van der Waals surface area (Å²) < 4.78 is 2.10. The van der Waals surface area contributed by atoms with Gasteiger partial charge in [0.2, 0.25) is 0 Å². The number of rotatable bonds is 3. The maximum atomic E-state index is 4.18. The van der Waals surface area contributed by atoms with Crippen molar-refractivity contribution in [1.82, 2.24) is 14.5 Å². The average Bonchev–Trinajstić information content (AvgIpc) is 2.99. The van der Waals surface area contributed by atoms with Gasteiger partial charge in [-0.25, -0.2) is 4.98 Å². The monoisotopic (exact) mass is 253 g/mol. The van der Waals surface area contributed by atoms with Gasteiger partial charge >= 0.3 is 0 Å². The maximum Gasteiger partial charge on any atom is 0.0945 e. The quantitative estimate of drug-likeness (QED) is 0.708. The van der Waals surface area contributed by atoms with Gasteiger partial charge in [-0.3, -0.25) is 4.98 Å². The van der Waals surface area contributed by atoms with Gasteiger partial charge in [-0.2, -0.15) is 0 Å². The number of hydrogen-bond acceptors (Lipinski definition) is 2. The van der Waals surface area contributed by atoms with Crippen LogP contribution in [0.25, 0.3) is 10.9 Å². The van der Waals surface area contributed by atoms with Gasteiger partial charge in [-0.05, 0) is 18.6 Å². The van der Waals surface area contributed by atoms with Crippen LogP contribution in [0.3, 0.4) is 0 Å². The molecule has 0 saturated heterocycles. The van der Waals surface area contributed by atoms with Gasteiger partial charge in [0.15, 0.2) is 0 Å². The van der Waals surface area contributed by atoms with Crippen molar-refractivity contribution in [2.75, 3.05) is 0 Å². The van der Waals surface area contributed by atoms with E-state index in [1.165, 1.54) is 18.2 Å². The topological polar surface area (TPSA) is 30.7 Å². The fourth-order valence-electron chi connectivity index (χ4n) is 1.78. The fourth-order valence-corrected chi connectivity index (χ4v) is 1.78. The number of unbranched alkanes of at least 4 members (excludes halogenated alkanes) is 1. The molecule has 0 aliphatic carbocycles. The third kappa shape index (κ3) is 4.21. The lowest BCUT2D eigenvalue weighted by atomic mass is 10.2. The van der Waals surface area contributed by atoms with Crippen molar-refractivity contribution >= 4 is 10.9 Å². The number of imidazole rings is 1. The number of aryl methyl sites for hydroxylation is 1. The Morgan fingerprint density at radius 2 is 1.89 bits per heavy atom. The van der Waals surface area contributed by atoms with Crippen molar-refractivity contribution < 1.29 is 0 Å². The molecule has 0 unspecified atom stereocenters. The molecule has 0 fully saturated rings. The van der Waals surface area contributed by atoms with Crippen molar-refractivity contribution in [3.63, 3.8) is 0 Å². The van der Waals surface area contributed by atoms with Crippen LogP contribution in [0.4, 0.5) is 0 Å². The number of benzene rings is 1. The third-order valence-electron chi connectivity index (χ3n) is 2.84. The van der Waals surface area contributed by atoms with Crippen LogP contribution in [0.2, 0.25) is 0 Å². The maximum absolute atomic E-state index is 4.18. The first-order valence-corrected chi connectivity index (χ1v) is 6.65. The Hall–Kier alpha value is -2.16. The Balaban J connectivity index is 0.000000141. The number of nitrogens with zero attached hydrogens (tertiary/aromatic N) is 3. The minimum Gasteiger partial charge on any atom is -0.337 e. The summed E-state index contributed by atoms with van der Waals surface area (Å²) in [6, 6.07) is 12.1. The fraction of sp³-hybridized carbons (Fsp3) is 0.250. The van der Waals surface area contributed by atoms with Crippen molar-refractivity contribution in [1.29, 1.82) is 0 Å². The highest BCUT2D eigenvalue weighted by molar-refractivity contribution is 5.77. The molecule has 98 valence electrons. The van der Waals surface area contributed by atoms with E-state index in [2.05, 4.69) is 33.6 Å². The highest BCUT2D eigenvalue weighted by atomic mass is 15.0. The molecule has 0 atom stereocenters. The first-order chi connectivity index (χ1) is 9.40. The number of pyridine rings is 1. The summed E-state index contributed by atoms with van der Waals surface area (Å²) in [6.07, 6.45) is 9.97. The highest BCUT2D eigenvalue weighted by Crippen LogP contribution is 2.07. The van der Waals surface area contributed by atoms with E-state index in [0.29, 0.717) is 0 Å². The van der Waals surface area contributed by atoms with Crippen LogP contribution in [-0.2, 0) is 6.54 Å². The summed E-state index contributed by atoms with van der Waals surface area (Å²) in [5, 5.41) is 1.20. The van der Waals surface area contributed by atoms with Gasteiger partial charge in [0, 0.05) is 30.5 Å². The SMILES string of the molecule is CCCCn1ccnc1.c1ccc2ncccc2c1. The van der Waals surface area contributed by atoms with E-state index < -0.39 is 0 Å². The van der Waals surface area contributed by atoms with E-state index in [1.54, 1.807) is 0 Å². The molecular weight excluding hydrogens is 234 g/mol. The Labute approximate surface area is 113 Å². The molecular formula is C16H19N3. The summed E-state index contributed by atoms with van der Waals surface area (Å²) in [5.41, 5.74) is 1.06. The van der Waals surface area contributed by atoms with Gasteiger partial charge in [0.05, 0.1) is 11.8 Å². The summed E-state index contributed by atoms with van der Waals surface area (Å²) in [5.74, 6) is 0. The zero-order chi connectivity index (χ0) is 13.3. The second kappa shape index (κ2) is 7.31.